The van der Waals surface area contributed by atoms with Crippen molar-refractivity contribution in [3.8, 4) is 0 Å². The van der Waals surface area contributed by atoms with Gasteiger partial charge in [-0.2, -0.15) is 13.2 Å². The lowest BCUT2D eigenvalue weighted by atomic mass is 10.0. The summed E-state index contributed by atoms with van der Waals surface area (Å²) in [6, 6.07) is 0. The van der Waals surface area contributed by atoms with Gasteiger partial charge < -0.3 is 14.8 Å². The number of halogens is 3. The molecule has 1 N–H and O–H groups in total. The van der Waals surface area contributed by atoms with Crippen LogP contribution in [0.15, 0.2) is 0 Å². The molecular formula is C11H20F3NO3. The Bertz CT molecular complexity index is 271. The third-order valence-corrected chi connectivity index (χ3v) is 2.48. The molecule has 0 saturated heterocycles. The Morgan fingerprint density at radius 3 is 2.33 bits per heavy atom. The zero-order valence-electron chi connectivity index (χ0n) is 11.1. The fourth-order valence-electron chi connectivity index (χ4n) is 1.19. The lowest BCUT2D eigenvalue weighted by Crippen LogP contribution is -2.55. The minimum Gasteiger partial charge on any atom is -0.468 e. The van der Waals surface area contributed by atoms with E-state index < -0.39 is 30.4 Å². The van der Waals surface area contributed by atoms with Gasteiger partial charge in [-0.1, -0.05) is 6.92 Å². The van der Waals surface area contributed by atoms with Gasteiger partial charge in [0.1, 0.15) is 5.54 Å². The van der Waals surface area contributed by atoms with Crippen molar-refractivity contribution < 1.29 is 27.4 Å². The van der Waals surface area contributed by atoms with Gasteiger partial charge in [-0.3, -0.25) is 0 Å². The van der Waals surface area contributed by atoms with Crippen molar-refractivity contribution in [3.05, 3.63) is 0 Å². The molecule has 0 aliphatic heterocycles. The number of carbonyl (C=O) groups is 1. The van der Waals surface area contributed by atoms with Crippen molar-refractivity contribution in [2.45, 2.75) is 45.0 Å². The van der Waals surface area contributed by atoms with E-state index in [-0.39, 0.29) is 0 Å². The minimum absolute atomic E-state index is 0.402. The Morgan fingerprint density at radius 1 is 1.39 bits per heavy atom. The van der Waals surface area contributed by atoms with Gasteiger partial charge in [0.05, 0.1) is 13.7 Å². The summed E-state index contributed by atoms with van der Waals surface area (Å²) in [7, 11) is 1.18. The Kier molecular flexibility index (Phi) is 6.62. The molecule has 0 amide bonds. The van der Waals surface area contributed by atoms with Crippen molar-refractivity contribution in [1.29, 1.82) is 0 Å². The van der Waals surface area contributed by atoms with Crippen molar-refractivity contribution in [1.82, 2.24) is 5.32 Å². The van der Waals surface area contributed by atoms with Crippen LogP contribution in [0.1, 0.15) is 27.2 Å². The van der Waals surface area contributed by atoms with Crippen LogP contribution in [-0.4, -0.2) is 44.0 Å². The molecule has 0 aromatic carbocycles. The summed E-state index contributed by atoms with van der Waals surface area (Å²) in [4.78, 5) is 11.6. The zero-order valence-corrected chi connectivity index (χ0v) is 11.1. The van der Waals surface area contributed by atoms with Gasteiger partial charge in [-0.25, -0.2) is 4.79 Å². The summed E-state index contributed by atoms with van der Waals surface area (Å²) >= 11 is 0. The normalized spacial score (nSPS) is 17.1. The van der Waals surface area contributed by atoms with Crippen LogP contribution in [0, 0.1) is 0 Å². The maximum atomic E-state index is 12.3. The molecule has 0 aromatic rings. The van der Waals surface area contributed by atoms with E-state index in [1.807, 2.05) is 6.92 Å². The van der Waals surface area contributed by atoms with Gasteiger partial charge >= 0.3 is 12.1 Å². The fourth-order valence-corrected chi connectivity index (χ4v) is 1.19. The van der Waals surface area contributed by atoms with Gasteiger partial charge in [-0.15, -0.1) is 0 Å². The minimum atomic E-state index is -4.44. The summed E-state index contributed by atoms with van der Waals surface area (Å²) in [5, 5.41) is 2.84. The number of methoxy groups -OCH3 is 1. The van der Waals surface area contributed by atoms with Crippen LogP contribution in [0.5, 0.6) is 0 Å². The van der Waals surface area contributed by atoms with E-state index in [2.05, 4.69) is 10.1 Å². The molecule has 0 heterocycles. The molecule has 2 unspecified atom stereocenters. The molecule has 18 heavy (non-hydrogen) atoms. The van der Waals surface area contributed by atoms with Gasteiger partial charge in [-0.05, 0) is 26.8 Å². The van der Waals surface area contributed by atoms with E-state index in [0.717, 1.165) is 13.3 Å². The Labute approximate surface area is 105 Å². The maximum Gasteiger partial charge on any atom is 0.414 e. The van der Waals surface area contributed by atoms with Crippen LogP contribution in [0.3, 0.4) is 0 Å². The second-order valence-electron chi connectivity index (χ2n) is 4.25. The lowest BCUT2D eigenvalue weighted by molar-refractivity contribution is -0.219. The van der Waals surface area contributed by atoms with Gasteiger partial charge in [0.2, 0.25) is 0 Å². The Balaban J connectivity index is 4.56. The predicted molar refractivity (Wildman–Crippen MR) is 60.2 cm³/mol. The molecule has 0 fully saturated rings. The van der Waals surface area contributed by atoms with E-state index in [0.29, 0.717) is 6.54 Å². The van der Waals surface area contributed by atoms with Crippen LogP contribution in [-0.2, 0) is 14.3 Å². The number of alkyl halides is 3. The first kappa shape index (κ1) is 17.2. The van der Waals surface area contributed by atoms with Crippen LogP contribution in [0.4, 0.5) is 13.2 Å². The third-order valence-electron chi connectivity index (χ3n) is 2.48. The molecule has 108 valence electrons. The third kappa shape index (κ3) is 5.22. The topological polar surface area (TPSA) is 47.6 Å². The number of esters is 1. The number of nitrogens with one attached hydrogen (secondary N) is 1. The molecule has 2 atom stereocenters. The maximum absolute atomic E-state index is 12.3. The molecule has 0 aliphatic carbocycles. The highest BCUT2D eigenvalue weighted by Crippen LogP contribution is 2.23. The van der Waals surface area contributed by atoms with Crippen LogP contribution < -0.4 is 5.32 Å². The zero-order chi connectivity index (χ0) is 14.4. The van der Waals surface area contributed by atoms with E-state index in [1.54, 1.807) is 0 Å². The largest absolute Gasteiger partial charge is 0.468 e. The first-order chi connectivity index (χ1) is 8.17. The van der Waals surface area contributed by atoms with Crippen molar-refractivity contribution >= 4 is 5.97 Å². The highest BCUT2D eigenvalue weighted by atomic mass is 19.4. The van der Waals surface area contributed by atoms with E-state index >= 15 is 0 Å². The molecular weight excluding hydrogens is 251 g/mol. The summed E-state index contributed by atoms with van der Waals surface area (Å²) in [5.41, 5.74) is -1.27. The van der Waals surface area contributed by atoms with Gasteiger partial charge in [0.25, 0.3) is 0 Å². The number of hydrogen-bond acceptors (Lipinski definition) is 4. The summed E-state index contributed by atoms with van der Waals surface area (Å²) in [6.45, 7) is 4.31. The van der Waals surface area contributed by atoms with E-state index in [1.165, 1.54) is 14.0 Å². The molecule has 4 nitrogen and oxygen atoms in total. The van der Waals surface area contributed by atoms with Crippen molar-refractivity contribution in [2.24, 2.45) is 0 Å². The SMILES string of the molecule is CCCNC(C)(COC(C)C(F)(F)F)C(=O)OC. The average Bonchev–Trinajstić information content (AvgIpc) is 2.31. The molecule has 0 saturated carbocycles. The molecule has 0 bridgehead atoms. The Hall–Kier alpha value is -0.820. The van der Waals surface area contributed by atoms with Gasteiger partial charge in [0, 0.05) is 0 Å². The molecule has 0 aliphatic rings. The quantitative estimate of drug-likeness (QED) is 0.718. The van der Waals surface area contributed by atoms with E-state index in [4.69, 9.17) is 4.74 Å². The number of carbonyl (C=O) groups excluding carboxylic acids is 1. The monoisotopic (exact) mass is 271 g/mol. The van der Waals surface area contributed by atoms with E-state index in [9.17, 15) is 18.0 Å². The van der Waals surface area contributed by atoms with Crippen molar-refractivity contribution in [3.63, 3.8) is 0 Å². The second kappa shape index (κ2) is 6.94. The fraction of sp³-hybridized carbons (Fsp3) is 0.909. The molecule has 0 radical (unpaired) electrons. The molecule has 7 heteroatoms. The predicted octanol–water partition coefficient (Wildman–Crippen LogP) is 1.89. The number of rotatable bonds is 7. The van der Waals surface area contributed by atoms with Crippen LogP contribution in [0.25, 0.3) is 0 Å². The standard InChI is InChI=1S/C11H20F3NO3/c1-5-6-15-10(3,9(16)17-4)7-18-8(2)11(12,13)14/h8,15H,5-7H2,1-4H3. The first-order valence-electron chi connectivity index (χ1n) is 5.69. The molecule has 0 spiro atoms. The summed E-state index contributed by atoms with van der Waals surface area (Å²) in [6.07, 6.45) is -5.63. The number of ether oxygens (including phenoxy) is 2. The summed E-state index contributed by atoms with van der Waals surface area (Å²) < 4.78 is 46.2. The van der Waals surface area contributed by atoms with Crippen LogP contribution in [0.2, 0.25) is 0 Å². The highest BCUT2D eigenvalue weighted by molar-refractivity contribution is 5.80. The lowest BCUT2D eigenvalue weighted by Gasteiger charge is -2.29. The number of hydrogen-bond donors (Lipinski definition) is 1. The molecule has 0 rings (SSSR count). The first-order valence-corrected chi connectivity index (χ1v) is 5.69. The smallest absolute Gasteiger partial charge is 0.414 e. The summed E-state index contributed by atoms with van der Waals surface area (Å²) in [5.74, 6) is -0.648. The second-order valence-corrected chi connectivity index (χ2v) is 4.25. The highest BCUT2D eigenvalue weighted by Gasteiger charge is 2.41. The van der Waals surface area contributed by atoms with Crippen LogP contribution >= 0.6 is 0 Å². The molecule has 0 aromatic heterocycles. The average molecular weight is 271 g/mol. The van der Waals surface area contributed by atoms with Crippen molar-refractivity contribution in [2.75, 3.05) is 20.3 Å². The van der Waals surface area contributed by atoms with Gasteiger partial charge in [0.15, 0.2) is 6.10 Å². The Morgan fingerprint density at radius 2 is 1.94 bits per heavy atom.